The first-order valence-corrected chi connectivity index (χ1v) is 16.9. The highest BCUT2D eigenvalue weighted by molar-refractivity contribution is 6.33. The summed E-state index contributed by atoms with van der Waals surface area (Å²) >= 11 is 6.80. The molecule has 0 saturated carbocycles. The van der Waals surface area contributed by atoms with Crippen LogP contribution >= 0.6 is 11.6 Å². The predicted molar refractivity (Wildman–Crippen MR) is 181 cm³/mol. The molecule has 244 valence electrons. The lowest BCUT2D eigenvalue weighted by atomic mass is 10.0. The van der Waals surface area contributed by atoms with Crippen LogP contribution in [-0.2, 0) is 4.74 Å². The number of rotatable bonds is 9. The van der Waals surface area contributed by atoms with E-state index in [1.54, 1.807) is 19.1 Å². The fraction of sp³-hybridized carbons (Fsp3) is 0.500. The number of nitrogens with zero attached hydrogens (tertiary/aromatic N) is 4. The lowest BCUT2D eigenvalue weighted by Gasteiger charge is -2.36. The molecule has 3 aromatic rings. The summed E-state index contributed by atoms with van der Waals surface area (Å²) in [7, 11) is 0. The van der Waals surface area contributed by atoms with Crippen LogP contribution in [0.4, 0.5) is 10.2 Å². The van der Waals surface area contributed by atoms with Gasteiger partial charge in [-0.15, -0.1) is 0 Å². The molecule has 0 amide bonds. The molecule has 5 heterocycles. The number of aryl methyl sites for hydroxylation is 1. The second-order valence-corrected chi connectivity index (χ2v) is 14.0. The van der Waals surface area contributed by atoms with Crippen LogP contribution in [0, 0.1) is 18.7 Å². The van der Waals surface area contributed by atoms with E-state index in [9.17, 15) is 5.11 Å². The maximum Gasteiger partial charge on any atom is 0.319 e. The van der Waals surface area contributed by atoms with E-state index >= 15 is 4.39 Å². The highest BCUT2D eigenvalue weighted by Gasteiger charge is 2.38. The molecule has 1 aromatic heterocycles. The van der Waals surface area contributed by atoms with Gasteiger partial charge in [-0.2, -0.15) is 9.97 Å². The summed E-state index contributed by atoms with van der Waals surface area (Å²) in [5.41, 5.74) is 2.77. The summed E-state index contributed by atoms with van der Waals surface area (Å²) < 4.78 is 28.6. The molecule has 4 saturated heterocycles. The minimum absolute atomic E-state index is 0.00810. The van der Waals surface area contributed by atoms with Gasteiger partial charge in [0.1, 0.15) is 17.1 Å². The number of hydrogen-bond acceptors (Lipinski definition) is 8. The van der Waals surface area contributed by atoms with Gasteiger partial charge in [-0.05, 0) is 74.4 Å². The summed E-state index contributed by atoms with van der Waals surface area (Å²) in [5.74, 6) is 0.338. The highest BCUT2D eigenvalue weighted by Crippen LogP contribution is 2.38. The van der Waals surface area contributed by atoms with Crippen LogP contribution in [0.25, 0.3) is 22.6 Å². The smallest absolute Gasteiger partial charge is 0.319 e. The molecule has 4 bridgehead atoms. The topological polar surface area (TPSA) is 83.0 Å². The van der Waals surface area contributed by atoms with Crippen molar-refractivity contribution in [2.24, 2.45) is 5.92 Å². The third kappa shape index (κ3) is 6.35. The standard InChI is InChI=1S/C36H43ClFN5O3/c1-21(15-43-27-10-11-28(43)20-45-19-27)18-46-36-40-34-30(35(41-36)42-16-25-8-9-26(17-42)39-25)14-31(37)32(33(34)38)23(3)12-29(44)13-24-7-5-4-6-22(24)2/h4-7,12-14,21,25-28,39,44H,8-11,15-20H2,1-3H3/b23-12+,29-13+. The van der Waals surface area contributed by atoms with E-state index in [2.05, 4.69) is 27.0 Å². The molecule has 7 rings (SSSR count). The average Bonchev–Trinajstić information content (AvgIpc) is 3.46. The predicted octanol–water partition coefficient (Wildman–Crippen LogP) is 6.55. The number of nitrogens with one attached hydrogen (secondary N) is 1. The molecule has 5 unspecified atom stereocenters. The molecule has 4 fully saturated rings. The van der Waals surface area contributed by atoms with E-state index in [0.717, 1.165) is 56.8 Å². The van der Waals surface area contributed by atoms with Gasteiger partial charge in [0, 0.05) is 60.7 Å². The molecule has 2 aromatic carbocycles. The lowest BCUT2D eigenvalue weighted by Crippen LogP contribution is -2.51. The number of fused-ring (bicyclic) bond motifs is 5. The number of halogens is 2. The van der Waals surface area contributed by atoms with Gasteiger partial charge < -0.3 is 24.8 Å². The van der Waals surface area contributed by atoms with E-state index in [-0.39, 0.29) is 33.8 Å². The van der Waals surface area contributed by atoms with Crippen LogP contribution in [0.3, 0.4) is 0 Å². The van der Waals surface area contributed by atoms with Gasteiger partial charge >= 0.3 is 6.01 Å². The average molecular weight is 648 g/mol. The van der Waals surface area contributed by atoms with Gasteiger partial charge in [0.05, 0.1) is 24.8 Å². The maximum absolute atomic E-state index is 16.6. The first-order chi connectivity index (χ1) is 22.2. The van der Waals surface area contributed by atoms with Crippen molar-refractivity contribution < 1.29 is 19.0 Å². The van der Waals surface area contributed by atoms with E-state index in [1.807, 2.05) is 31.2 Å². The Kier molecular flexibility index (Phi) is 8.94. The minimum atomic E-state index is -0.551. The van der Waals surface area contributed by atoms with Gasteiger partial charge in [-0.3, -0.25) is 4.90 Å². The third-order valence-electron chi connectivity index (χ3n) is 10.0. The number of aliphatic hydroxyl groups is 1. The zero-order valence-corrected chi connectivity index (χ0v) is 27.6. The molecule has 0 aliphatic carbocycles. The molecule has 46 heavy (non-hydrogen) atoms. The Balaban J connectivity index is 1.21. The third-order valence-corrected chi connectivity index (χ3v) is 10.3. The fourth-order valence-electron chi connectivity index (χ4n) is 7.68. The van der Waals surface area contributed by atoms with Crippen molar-refractivity contribution in [3.8, 4) is 6.01 Å². The molecule has 0 spiro atoms. The van der Waals surface area contributed by atoms with Crippen molar-refractivity contribution in [2.75, 3.05) is 44.4 Å². The second kappa shape index (κ2) is 13.1. The number of aromatic nitrogens is 2. The Hall–Kier alpha value is -3.24. The van der Waals surface area contributed by atoms with Gasteiger partial charge in [-0.25, -0.2) is 4.39 Å². The van der Waals surface area contributed by atoms with E-state index in [0.29, 0.717) is 47.6 Å². The Morgan fingerprint density at radius 3 is 2.59 bits per heavy atom. The first kappa shape index (κ1) is 31.4. The fourth-order valence-corrected chi connectivity index (χ4v) is 8.02. The van der Waals surface area contributed by atoms with Crippen molar-refractivity contribution in [3.63, 3.8) is 0 Å². The molecule has 10 heteroatoms. The SMILES string of the molecule is C/C(=C\C(O)=C/c1ccccc1C)c1c(Cl)cc2c(N3CC4CCC(C3)N4)nc(OCC(C)CN3C4CCC3COC4)nc2c1F. The number of benzene rings is 2. The van der Waals surface area contributed by atoms with Crippen LogP contribution in [-0.4, -0.2) is 83.6 Å². The van der Waals surface area contributed by atoms with Gasteiger partial charge in [-0.1, -0.05) is 42.8 Å². The molecule has 8 nitrogen and oxygen atoms in total. The quantitative estimate of drug-likeness (QED) is 0.200. The van der Waals surface area contributed by atoms with Crippen LogP contribution in [0.5, 0.6) is 6.01 Å². The molecular weight excluding hydrogens is 605 g/mol. The normalized spacial score (nSPS) is 25.8. The van der Waals surface area contributed by atoms with Crippen molar-refractivity contribution in [1.82, 2.24) is 20.2 Å². The first-order valence-electron chi connectivity index (χ1n) is 16.6. The summed E-state index contributed by atoms with van der Waals surface area (Å²) in [5, 5.41) is 15.3. The minimum Gasteiger partial charge on any atom is -0.508 e. The maximum atomic E-state index is 16.6. The van der Waals surface area contributed by atoms with Crippen LogP contribution in [0.1, 0.15) is 56.2 Å². The van der Waals surface area contributed by atoms with Crippen molar-refractivity contribution in [2.45, 2.75) is 70.6 Å². The van der Waals surface area contributed by atoms with E-state index in [4.69, 9.17) is 26.1 Å². The monoisotopic (exact) mass is 647 g/mol. The number of anilines is 1. The lowest BCUT2D eigenvalue weighted by molar-refractivity contribution is -0.0229. The van der Waals surface area contributed by atoms with Crippen molar-refractivity contribution in [3.05, 3.63) is 69.7 Å². The van der Waals surface area contributed by atoms with Gasteiger partial charge in [0.15, 0.2) is 5.82 Å². The molecule has 2 N–H and O–H groups in total. The Bertz CT molecular complexity index is 1650. The van der Waals surface area contributed by atoms with Gasteiger partial charge in [0.25, 0.3) is 0 Å². The van der Waals surface area contributed by atoms with Crippen molar-refractivity contribution in [1.29, 1.82) is 0 Å². The molecule has 4 aliphatic rings. The highest BCUT2D eigenvalue weighted by atomic mass is 35.5. The molecule has 0 radical (unpaired) electrons. The zero-order valence-electron chi connectivity index (χ0n) is 26.8. The number of ether oxygens (including phenoxy) is 2. The Labute approximate surface area is 275 Å². The summed E-state index contributed by atoms with van der Waals surface area (Å²) in [6.07, 6.45) is 7.78. The van der Waals surface area contributed by atoms with Crippen LogP contribution in [0.2, 0.25) is 5.02 Å². The van der Waals surface area contributed by atoms with Crippen LogP contribution in [0.15, 0.2) is 42.2 Å². The largest absolute Gasteiger partial charge is 0.508 e. The second-order valence-electron chi connectivity index (χ2n) is 13.6. The van der Waals surface area contributed by atoms with Crippen LogP contribution < -0.4 is 15.0 Å². The summed E-state index contributed by atoms with van der Waals surface area (Å²) in [4.78, 5) is 14.3. The zero-order chi connectivity index (χ0) is 31.9. The molecule has 4 aliphatic heterocycles. The summed E-state index contributed by atoms with van der Waals surface area (Å²) in [6.45, 7) is 10.4. The number of allylic oxidation sites excluding steroid dienone is 2. The number of morpholine rings is 1. The summed E-state index contributed by atoms with van der Waals surface area (Å²) in [6, 6.07) is 11.4. The molecular formula is C36H43ClFN5O3. The van der Waals surface area contributed by atoms with E-state index in [1.165, 1.54) is 18.9 Å². The Morgan fingerprint density at radius 2 is 1.87 bits per heavy atom. The number of hydrogen-bond donors (Lipinski definition) is 2. The Morgan fingerprint density at radius 1 is 1.15 bits per heavy atom. The number of aliphatic hydroxyl groups excluding tert-OH is 1. The van der Waals surface area contributed by atoms with Crippen molar-refractivity contribution >= 4 is 40.0 Å². The van der Waals surface area contributed by atoms with Gasteiger partial charge in [0.2, 0.25) is 0 Å². The van der Waals surface area contributed by atoms with E-state index < -0.39 is 5.82 Å². The number of piperazine rings is 1. The molecule has 5 atom stereocenters.